The molecule has 2 aromatic rings. The van der Waals surface area contributed by atoms with Gasteiger partial charge in [0.25, 0.3) is 5.91 Å². The standard InChI is InChI=1S/C23H27ClN2O4.ClH/c1-28-18-3-4-20-16(14-18)6-12-30-23(20)7-10-26(11-8-23)22(27)19-15-17(24)2-5-21(19)29-13-9-25;/h2-5,14-15H,6-13,25H2,1H3;1H. The Kier molecular flexibility index (Phi) is 7.70. The molecule has 2 N–H and O–H groups in total. The first kappa shape index (κ1) is 23.7. The van der Waals surface area contributed by atoms with Gasteiger partial charge in [0, 0.05) is 24.7 Å². The molecule has 0 saturated carbocycles. The SMILES string of the molecule is COc1ccc2c(c1)CCOC21CCN(C(=O)c2cc(Cl)ccc2OCCN)CC1.Cl. The van der Waals surface area contributed by atoms with Crippen LogP contribution in [0.15, 0.2) is 36.4 Å². The molecule has 0 aliphatic carbocycles. The van der Waals surface area contributed by atoms with Crippen LogP contribution >= 0.6 is 24.0 Å². The van der Waals surface area contributed by atoms with E-state index in [-0.39, 0.29) is 23.9 Å². The van der Waals surface area contributed by atoms with Gasteiger partial charge < -0.3 is 24.8 Å². The second-order valence-electron chi connectivity index (χ2n) is 7.69. The van der Waals surface area contributed by atoms with Crippen molar-refractivity contribution in [1.82, 2.24) is 4.90 Å². The lowest BCUT2D eigenvalue weighted by atomic mass is 9.79. The van der Waals surface area contributed by atoms with Crippen molar-refractivity contribution in [1.29, 1.82) is 0 Å². The number of nitrogens with two attached hydrogens (primary N) is 1. The molecule has 0 aromatic heterocycles. The van der Waals surface area contributed by atoms with E-state index in [2.05, 4.69) is 12.1 Å². The Balaban J connectivity index is 0.00000272. The molecule has 0 radical (unpaired) electrons. The van der Waals surface area contributed by atoms with Crippen LogP contribution in [0.25, 0.3) is 0 Å². The molecule has 6 nitrogen and oxygen atoms in total. The molecule has 0 unspecified atom stereocenters. The van der Waals surface area contributed by atoms with Crippen molar-refractivity contribution in [3.05, 3.63) is 58.1 Å². The highest BCUT2D eigenvalue weighted by Gasteiger charge is 2.42. The molecule has 8 heteroatoms. The van der Waals surface area contributed by atoms with Gasteiger partial charge in [-0.05, 0) is 60.7 Å². The normalized spacial score (nSPS) is 16.9. The van der Waals surface area contributed by atoms with Gasteiger partial charge >= 0.3 is 0 Å². The second-order valence-corrected chi connectivity index (χ2v) is 8.12. The zero-order valence-corrected chi connectivity index (χ0v) is 19.1. The third kappa shape index (κ3) is 4.77. The van der Waals surface area contributed by atoms with Crippen LogP contribution in [0.3, 0.4) is 0 Å². The smallest absolute Gasteiger partial charge is 0.257 e. The Morgan fingerprint density at radius 1 is 1.23 bits per heavy atom. The summed E-state index contributed by atoms with van der Waals surface area (Å²) in [6.07, 6.45) is 2.37. The fourth-order valence-corrected chi connectivity index (χ4v) is 4.57. The number of likely N-dealkylation sites (tertiary alicyclic amines) is 1. The van der Waals surface area contributed by atoms with E-state index in [1.807, 2.05) is 11.0 Å². The number of ether oxygens (including phenoxy) is 3. The summed E-state index contributed by atoms with van der Waals surface area (Å²) >= 11 is 6.15. The van der Waals surface area contributed by atoms with Gasteiger partial charge in [0.05, 0.1) is 24.9 Å². The highest BCUT2D eigenvalue weighted by molar-refractivity contribution is 6.31. The molecule has 1 fully saturated rings. The number of carbonyl (C=O) groups excluding carboxylic acids is 1. The van der Waals surface area contributed by atoms with Crippen LogP contribution in [-0.2, 0) is 16.8 Å². The highest BCUT2D eigenvalue weighted by Crippen LogP contribution is 2.43. The number of amides is 1. The van der Waals surface area contributed by atoms with Gasteiger partial charge in [-0.15, -0.1) is 12.4 Å². The summed E-state index contributed by atoms with van der Waals surface area (Å²) in [5.74, 6) is 1.30. The number of methoxy groups -OCH3 is 1. The molecule has 2 aromatic carbocycles. The zero-order valence-electron chi connectivity index (χ0n) is 17.6. The van der Waals surface area contributed by atoms with Crippen molar-refractivity contribution in [3.8, 4) is 11.5 Å². The monoisotopic (exact) mass is 466 g/mol. The number of carbonyl (C=O) groups is 1. The Labute approximate surface area is 194 Å². The Bertz CT molecular complexity index is 930. The molecule has 2 aliphatic heterocycles. The number of halogens is 2. The molecule has 2 aliphatic rings. The maximum absolute atomic E-state index is 13.2. The predicted molar refractivity (Wildman–Crippen MR) is 123 cm³/mol. The van der Waals surface area contributed by atoms with Crippen molar-refractivity contribution >= 4 is 29.9 Å². The number of fused-ring (bicyclic) bond motifs is 2. The first-order valence-corrected chi connectivity index (χ1v) is 10.7. The van der Waals surface area contributed by atoms with Crippen LogP contribution < -0.4 is 15.2 Å². The third-order valence-electron chi connectivity index (χ3n) is 5.96. The number of nitrogens with zero attached hydrogens (tertiary/aromatic N) is 1. The first-order valence-electron chi connectivity index (χ1n) is 10.3. The zero-order chi connectivity index (χ0) is 21.1. The molecule has 1 amide bonds. The van der Waals surface area contributed by atoms with Crippen molar-refractivity contribution in [2.24, 2.45) is 5.73 Å². The molecule has 0 atom stereocenters. The summed E-state index contributed by atoms with van der Waals surface area (Å²) in [5.41, 5.74) is 8.16. The molecular formula is C23H28Cl2N2O4. The van der Waals surface area contributed by atoms with Crippen molar-refractivity contribution in [2.75, 3.05) is 40.0 Å². The van der Waals surface area contributed by atoms with Gasteiger partial charge in [0.15, 0.2) is 0 Å². The van der Waals surface area contributed by atoms with Crippen LogP contribution in [0.1, 0.15) is 34.3 Å². The highest BCUT2D eigenvalue weighted by atomic mass is 35.5. The number of piperidine rings is 1. The van der Waals surface area contributed by atoms with Crippen LogP contribution in [0, 0.1) is 0 Å². The van der Waals surface area contributed by atoms with Gasteiger partial charge in [-0.2, -0.15) is 0 Å². The first-order chi connectivity index (χ1) is 14.6. The number of benzene rings is 2. The van der Waals surface area contributed by atoms with E-state index in [1.165, 1.54) is 11.1 Å². The summed E-state index contributed by atoms with van der Waals surface area (Å²) < 4.78 is 17.3. The molecule has 1 saturated heterocycles. The largest absolute Gasteiger partial charge is 0.497 e. The van der Waals surface area contributed by atoms with Crippen LogP contribution in [0.2, 0.25) is 5.02 Å². The second kappa shape index (κ2) is 10.1. The average Bonchev–Trinajstić information content (AvgIpc) is 2.78. The maximum Gasteiger partial charge on any atom is 0.257 e. The van der Waals surface area contributed by atoms with E-state index >= 15 is 0 Å². The van der Waals surface area contributed by atoms with Gasteiger partial charge in [-0.1, -0.05) is 17.7 Å². The van der Waals surface area contributed by atoms with E-state index in [9.17, 15) is 4.79 Å². The average molecular weight is 467 g/mol. The van der Waals surface area contributed by atoms with Crippen LogP contribution in [0.4, 0.5) is 0 Å². The van der Waals surface area contributed by atoms with E-state index in [4.69, 9.17) is 31.5 Å². The van der Waals surface area contributed by atoms with E-state index in [0.717, 1.165) is 25.0 Å². The quantitative estimate of drug-likeness (QED) is 0.724. The molecule has 168 valence electrons. The molecule has 0 bridgehead atoms. The Morgan fingerprint density at radius 2 is 2.00 bits per heavy atom. The molecule has 2 heterocycles. The lowest BCUT2D eigenvalue weighted by Crippen LogP contribution is -2.48. The van der Waals surface area contributed by atoms with Gasteiger partial charge in [-0.3, -0.25) is 4.79 Å². The lowest BCUT2D eigenvalue weighted by molar-refractivity contribution is -0.0935. The van der Waals surface area contributed by atoms with E-state index < -0.39 is 0 Å². The fourth-order valence-electron chi connectivity index (χ4n) is 4.40. The van der Waals surface area contributed by atoms with E-state index in [1.54, 1.807) is 25.3 Å². The summed E-state index contributed by atoms with van der Waals surface area (Å²) in [6, 6.07) is 11.3. The summed E-state index contributed by atoms with van der Waals surface area (Å²) in [6.45, 7) is 2.61. The minimum Gasteiger partial charge on any atom is -0.497 e. The number of hydrogen-bond donors (Lipinski definition) is 1. The number of rotatable bonds is 5. The van der Waals surface area contributed by atoms with Crippen LogP contribution in [0.5, 0.6) is 11.5 Å². The fraction of sp³-hybridized carbons (Fsp3) is 0.435. The van der Waals surface area contributed by atoms with Gasteiger partial charge in [0.1, 0.15) is 18.1 Å². The molecular weight excluding hydrogens is 439 g/mol. The van der Waals surface area contributed by atoms with Crippen molar-refractivity contribution < 1.29 is 19.0 Å². The van der Waals surface area contributed by atoms with Gasteiger partial charge in [-0.25, -0.2) is 0 Å². The number of hydrogen-bond acceptors (Lipinski definition) is 5. The summed E-state index contributed by atoms with van der Waals surface area (Å²) in [7, 11) is 1.68. The summed E-state index contributed by atoms with van der Waals surface area (Å²) in [4.78, 5) is 15.1. The minimum atomic E-state index is -0.343. The van der Waals surface area contributed by atoms with E-state index in [0.29, 0.717) is 49.2 Å². The van der Waals surface area contributed by atoms with Crippen molar-refractivity contribution in [2.45, 2.75) is 24.9 Å². The van der Waals surface area contributed by atoms with Gasteiger partial charge in [0.2, 0.25) is 0 Å². The topological polar surface area (TPSA) is 74.0 Å². The maximum atomic E-state index is 13.2. The minimum absolute atomic E-state index is 0. The molecule has 1 spiro atoms. The Hall–Kier alpha value is -1.99. The van der Waals surface area contributed by atoms with Crippen molar-refractivity contribution in [3.63, 3.8) is 0 Å². The lowest BCUT2D eigenvalue weighted by Gasteiger charge is -2.45. The Morgan fingerprint density at radius 3 is 2.71 bits per heavy atom. The van der Waals surface area contributed by atoms with Crippen LogP contribution in [-0.4, -0.2) is 50.8 Å². The molecule has 4 rings (SSSR count). The predicted octanol–water partition coefficient (Wildman–Crippen LogP) is 3.81. The summed E-state index contributed by atoms with van der Waals surface area (Å²) in [5, 5.41) is 0.505. The molecule has 31 heavy (non-hydrogen) atoms. The third-order valence-corrected chi connectivity index (χ3v) is 6.19.